The van der Waals surface area contributed by atoms with Gasteiger partial charge in [0.05, 0.1) is 0 Å². The molecule has 0 aliphatic rings. The molecule has 0 saturated heterocycles. The highest BCUT2D eigenvalue weighted by Gasteiger charge is 1.89. The van der Waals surface area contributed by atoms with E-state index in [1.165, 1.54) is 0 Å². The molecule has 1 aromatic rings. The topological polar surface area (TPSA) is 26.0 Å². The number of hydrogen-bond acceptors (Lipinski definition) is 1. The highest BCUT2D eigenvalue weighted by Crippen LogP contribution is 2.12. The molecule has 0 aliphatic carbocycles. The van der Waals surface area contributed by atoms with Gasteiger partial charge in [0, 0.05) is 5.69 Å². The van der Waals surface area contributed by atoms with E-state index in [2.05, 4.69) is 6.58 Å². The van der Waals surface area contributed by atoms with Crippen LogP contribution in [-0.4, -0.2) is 0 Å². The number of allylic oxidation sites excluding steroid dienone is 1. The van der Waals surface area contributed by atoms with Crippen LogP contribution in [0.15, 0.2) is 30.8 Å². The molecule has 0 spiro atoms. The fraction of sp³-hybridized carbons (Fsp3) is 0.385. The lowest BCUT2D eigenvalue weighted by Gasteiger charge is -1.98. The molecule has 14 heavy (non-hydrogen) atoms. The second-order valence-corrected chi connectivity index (χ2v) is 2.40. The summed E-state index contributed by atoms with van der Waals surface area (Å²) in [6.07, 6.45) is 0. The van der Waals surface area contributed by atoms with Crippen LogP contribution in [0.5, 0.6) is 0 Å². The molecular formula is C13H23N. The molecule has 1 heteroatoms. The van der Waals surface area contributed by atoms with Crippen LogP contribution in [0.25, 0.3) is 5.57 Å². The number of rotatable bonds is 1. The molecule has 0 unspecified atom stereocenters. The van der Waals surface area contributed by atoms with Gasteiger partial charge in [0.2, 0.25) is 0 Å². The van der Waals surface area contributed by atoms with Gasteiger partial charge in [0.1, 0.15) is 0 Å². The molecule has 0 aliphatic heterocycles. The molecule has 2 N–H and O–H groups in total. The lowest BCUT2D eigenvalue weighted by atomic mass is 10.1. The summed E-state index contributed by atoms with van der Waals surface area (Å²) in [7, 11) is 0. The first-order valence-corrected chi connectivity index (χ1v) is 5.21. The van der Waals surface area contributed by atoms with Gasteiger partial charge in [-0.15, -0.1) is 0 Å². The zero-order valence-corrected chi connectivity index (χ0v) is 10.1. The van der Waals surface area contributed by atoms with Crippen LogP contribution in [0, 0.1) is 0 Å². The standard InChI is InChI=1S/C9H11N.2C2H6/c1-7(2)8-3-5-9(10)6-4-8;2*1-2/h3-6H,1,10H2,2H3;2*1-2H3. The largest absolute Gasteiger partial charge is 0.399 e. The molecule has 0 aromatic heterocycles. The predicted molar refractivity (Wildman–Crippen MR) is 68.3 cm³/mol. The molecule has 0 atom stereocenters. The van der Waals surface area contributed by atoms with E-state index < -0.39 is 0 Å². The summed E-state index contributed by atoms with van der Waals surface area (Å²) in [6, 6.07) is 7.70. The van der Waals surface area contributed by atoms with Crippen molar-refractivity contribution in [3.8, 4) is 0 Å². The maximum Gasteiger partial charge on any atom is 0.0314 e. The summed E-state index contributed by atoms with van der Waals surface area (Å²) >= 11 is 0. The summed E-state index contributed by atoms with van der Waals surface area (Å²) in [5, 5.41) is 0. The molecule has 1 nitrogen and oxygen atoms in total. The number of anilines is 1. The normalized spacial score (nSPS) is 7.50. The smallest absolute Gasteiger partial charge is 0.0314 e. The number of nitrogens with two attached hydrogens (primary N) is 1. The molecule has 1 aromatic carbocycles. The third-order valence-electron chi connectivity index (χ3n) is 1.40. The van der Waals surface area contributed by atoms with E-state index in [0.29, 0.717) is 0 Å². The summed E-state index contributed by atoms with van der Waals surface area (Å²) in [5.74, 6) is 0. The van der Waals surface area contributed by atoms with Crippen molar-refractivity contribution in [1.29, 1.82) is 0 Å². The van der Waals surface area contributed by atoms with Crippen molar-refractivity contribution in [2.45, 2.75) is 34.6 Å². The van der Waals surface area contributed by atoms with Crippen molar-refractivity contribution in [2.24, 2.45) is 0 Å². The number of benzene rings is 1. The molecule has 0 saturated carbocycles. The average molecular weight is 193 g/mol. The van der Waals surface area contributed by atoms with Crippen molar-refractivity contribution in [3.63, 3.8) is 0 Å². The van der Waals surface area contributed by atoms with E-state index in [4.69, 9.17) is 5.73 Å². The Morgan fingerprint density at radius 3 is 1.64 bits per heavy atom. The molecule has 1 rings (SSSR count). The fourth-order valence-electron chi connectivity index (χ4n) is 0.768. The Labute approximate surface area is 88.6 Å². The highest BCUT2D eigenvalue weighted by molar-refractivity contribution is 5.62. The van der Waals surface area contributed by atoms with Gasteiger partial charge in [-0.2, -0.15) is 0 Å². The SMILES string of the molecule is C=C(C)c1ccc(N)cc1.CC.CC. The summed E-state index contributed by atoms with van der Waals surface area (Å²) in [5.41, 5.74) is 8.51. The monoisotopic (exact) mass is 193 g/mol. The van der Waals surface area contributed by atoms with Crippen LogP contribution in [0.4, 0.5) is 5.69 Å². The van der Waals surface area contributed by atoms with E-state index in [-0.39, 0.29) is 0 Å². The maximum absolute atomic E-state index is 5.50. The van der Waals surface area contributed by atoms with Gasteiger partial charge in [-0.05, 0) is 24.6 Å². The number of nitrogen functional groups attached to an aromatic ring is 1. The molecule has 0 radical (unpaired) electrons. The first-order chi connectivity index (χ1) is 6.70. The minimum atomic E-state index is 0.796. The van der Waals surface area contributed by atoms with Gasteiger partial charge >= 0.3 is 0 Å². The van der Waals surface area contributed by atoms with E-state index >= 15 is 0 Å². The molecule has 0 heterocycles. The van der Waals surface area contributed by atoms with Crippen LogP contribution in [0.2, 0.25) is 0 Å². The van der Waals surface area contributed by atoms with E-state index in [1.807, 2.05) is 58.9 Å². The Balaban J connectivity index is 0. The highest BCUT2D eigenvalue weighted by atomic mass is 14.5. The molecular weight excluding hydrogens is 170 g/mol. The Bertz CT molecular complexity index is 234. The second-order valence-electron chi connectivity index (χ2n) is 2.40. The van der Waals surface area contributed by atoms with Gasteiger partial charge in [-0.25, -0.2) is 0 Å². The van der Waals surface area contributed by atoms with Crippen LogP contribution >= 0.6 is 0 Å². The third-order valence-corrected chi connectivity index (χ3v) is 1.40. The van der Waals surface area contributed by atoms with Crippen molar-refractivity contribution >= 4 is 11.3 Å². The van der Waals surface area contributed by atoms with Crippen LogP contribution in [0.3, 0.4) is 0 Å². The van der Waals surface area contributed by atoms with Crippen molar-refractivity contribution < 1.29 is 0 Å². The molecule has 80 valence electrons. The lowest BCUT2D eigenvalue weighted by Crippen LogP contribution is -1.83. The minimum Gasteiger partial charge on any atom is -0.399 e. The fourth-order valence-corrected chi connectivity index (χ4v) is 0.768. The predicted octanol–water partition coefficient (Wildman–Crippen LogP) is 4.35. The van der Waals surface area contributed by atoms with E-state index in [9.17, 15) is 0 Å². The van der Waals surface area contributed by atoms with Gasteiger partial charge in [0.25, 0.3) is 0 Å². The average Bonchev–Trinajstić information content (AvgIpc) is 2.24. The quantitative estimate of drug-likeness (QED) is 0.659. The Kier molecular flexibility index (Phi) is 10.7. The Morgan fingerprint density at radius 1 is 1.00 bits per heavy atom. The lowest BCUT2D eigenvalue weighted by molar-refractivity contribution is 1.50. The Morgan fingerprint density at radius 2 is 1.36 bits per heavy atom. The zero-order chi connectivity index (χ0) is 11.6. The third kappa shape index (κ3) is 6.30. The second kappa shape index (κ2) is 9.85. The van der Waals surface area contributed by atoms with Crippen LogP contribution < -0.4 is 5.73 Å². The zero-order valence-electron chi connectivity index (χ0n) is 10.1. The summed E-state index contributed by atoms with van der Waals surface area (Å²) < 4.78 is 0. The summed E-state index contributed by atoms with van der Waals surface area (Å²) in [6.45, 7) is 13.8. The van der Waals surface area contributed by atoms with Crippen molar-refractivity contribution in [2.75, 3.05) is 5.73 Å². The van der Waals surface area contributed by atoms with Gasteiger partial charge in [0.15, 0.2) is 0 Å². The minimum absolute atomic E-state index is 0.796. The van der Waals surface area contributed by atoms with E-state index in [0.717, 1.165) is 16.8 Å². The number of hydrogen-bond donors (Lipinski definition) is 1. The van der Waals surface area contributed by atoms with E-state index in [1.54, 1.807) is 0 Å². The van der Waals surface area contributed by atoms with Crippen molar-refractivity contribution in [3.05, 3.63) is 36.4 Å². The van der Waals surface area contributed by atoms with Crippen LogP contribution in [0.1, 0.15) is 40.2 Å². The van der Waals surface area contributed by atoms with Crippen molar-refractivity contribution in [1.82, 2.24) is 0 Å². The molecule has 0 bridgehead atoms. The first kappa shape index (κ1) is 15.2. The maximum atomic E-state index is 5.50. The first-order valence-electron chi connectivity index (χ1n) is 5.21. The summed E-state index contributed by atoms with van der Waals surface area (Å²) in [4.78, 5) is 0. The van der Waals surface area contributed by atoms with Crippen LogP contribution in [-0.2, 0) is 0 Å². The van der Waals surface area contributed by atoms with Gasteiger partial charge in [-0.1, -0.05) is 52.0 Å². The van der Waals surface area contributed by atoms with Gasteiger partial charge < -0.3 is 5.73 Å². The molecule has 0 amide bonds. The molecule has 0 fully saturated rings. The van der Waals surface area contributed by atoms with Gasteiger partial charge in [-0.3, -0.25) is 0 Å². The Hall–Kier alpha value is -1.24.